The number of aryl methyl sites for hydroxylation is 1. The number of para-hydroxylation sites is 1. The zero-order valence-electron chi connectivity index (χ0n) is 12.1. The second-order valence-corrected chi connectivity index (χ2v) is 5.10. The predicted octanol–water partition coefficient (Wildman–Crippen LogP) is 3.75. The molecule has 2 heterocycles. The van der Waals surface area contributed by atoms with E-state index in [0.29, 0.717) is 11.6 Å². The number of pyridine rings is 2. The number of nitrogens with zero attached hydrogens (tertiary/aromatic N) is 2. The number of fused-ring (bicyclic) bond motifs is 1. The Bertz CT molecular complexity index is 784. The normalized spacial score (nSPS) is 12.3. The molecule has 0 aliphatic heterocycles. The van der Waals surface area contributed by atoms with Crippen LogP contribution in [-0.4, -0.2) is 9.97 Å². The Balaban J connectivity index is 2.02. The molecule has 21 heavy (non-hydrogen) atoms. The molecule has 0 aliphatic rings. The van der Waals surface area contributed by atoms with Crippen LogP contribution in [0.4, 0.5) is 0 Å². The number of rotatable bonds is 3. The van der Waals surface area contributed by atoms with Gasteiger partial charge in [0, 0.05) is 29.4 Å². The van der Waals surface area contributed by atoms with Crippen molar-refractivity contribution < 1.29 is 4.74 Å². The number of ether oxygens (including phenoxy) is 1. The molecule has 3 rings (SSSR count). The van der Waals surface area contributed by atoms with E-state index in [1.54, 1.807) is 6.20 Å². The highest BCUT2D eigenvalue weighted by Gasteiger charge is 2.07. The van der Waals surface area contributed by atoms with Crippen LogP contribution in [0.1, 0.15) is 24.2 Å². The van der Waals surface area contributed by atoms with E-state index in [1.807, 2.05) is 56.3 Å². The van der Waals surface area contributed by atoms with Crippen molar-refractivity contribution in [3.8, 4) is 11.6 Å². The molecule has 0 spiro atoms. The minimum absolute atomic E-state index is 0.0526. The molecule has 2 N–H and O–H groups in total. The van der Waals surface area contributed by atoms with Crippen LogP contribution in [0.5, 0.6) is 11.6 Å². The average molecular weight is 279 g/mol. The van der Waals surface area contributed by atoms with Crippen LogP contribution in [0, 0.1) is 6.92 Å². The molecular formula is C17H17N3O. The number of hydrogen-bond acceptors (Lipinski definition) is 4. The first kappa shape index (κ1) is 13.5. The summed E-state index contributed by atoms with van der Waals surface area (Å²) in [7, 11) is 0. The van der Waals surface area contributed by atoms with Crippen LogP contribution in [0.3, 0.4) is 0 Å². The molecule has 0 amide bonds. The standard InChI is InChI=1S/C17H17N3O/c1-11-6-7-13-4-3-5-15(17(13)20-11)21-16-10-14(12(2)18)8-9-19-16/h3-10,12H,18H2,1-2H3. The SMILES string of the molecule is Cc1ccc2cccc(Oc3cc(C(C)N)ccn3)c2n1. The van der Waals surface area contributed by atoms with Crippen LogP contribution in [0.15, 0.2) is 48.7 Å². The van der Waals surface area contributed by atoms with Crippen LogP contribution in [0.2, 0.25) is 0 Å². The molecule has 4 heteroatoms. The highest BCUT2D eigenvalue weighted by Crippen LogP contribution is 2.28. The third-order valence-corrected chi connectivity index (χ3v) is 3.32. The van der Waals surface area contributed by atoms with E-state index in [4.69, 9.17) is 10.5 Å². The van der Waals surface area contributed by atoms with Crippen molar-refractivity contribution in [1.82, 2.24) is 9.97 Å². The molecular weight excluding hydrogens is 262 g/mol. The van der Waals surface area contributed by atoms with Gasteiger partial charge >= 0.3 is 0 Å². The third-order valence-electron chi connectivity index (χ3n) is 3.32. The van der Waals surface area contributed by atoms with Gasteiger partial charge in [-0.2, -0.15) is 0 Å². The minimum atomic E-state index is -0.0526. The van der Waals surface area contributed by atoms with Crippen LogP contribution in [-0.2, 0) is 0 Å². The summed E-state index contributed by atoms with van der Waals surface area (Å²) in [5.74, 6) is 1.23. The summed E-state index contributed by atoms with van der Waals surface area (Å²) < 4.78 is 5.91. The molecule has 0 bridgehead atoms. The lowest BCUT2D eigenvalue weighted by Gasteiger charge is -2.10. The maximum Gasteiger partial charge on any atom is 0.219 e. The summed E-state index contributed by atoms with van der Waals surface area (Å²) in [5, 5.41) is 1.04. The number of aromatic nitrogens is 2. The number of benzene rings is 1. The van der Waals surface area contributed by atoms with E-state index >= 15 is 0 Å². The second kappa shape index (κ2) is 5.50. The minimum Gasteiger partial charge on any atom is -0.437 e. The van der Waals surface area contributed by atoms with Gasteiger partial charge in [0.1, 0.15) is 5.52 Å². The quantitative estimate of drug-likeness (QED) is 0.793. The van der Waals surface area contributed by atoms with Crippen molar-refractivity contribution in [2.45, 2.75) is 19.9 Å². The fourth-order valence-electron chi connectivity index (χ4n) is 2.18. The van der Waals surface area contributed by atoms with E-state index in [9.17, 15) is 0 Å². The maximum atomic E-state index is 5.91. The summed E-state index contributed by atoms with van der Waals surface area (Å²) in [5.41, 5.74) is 8.67. The topological polar surface area (TPSA) is 61.0 Å². The van der Waals surface area contributed by atoms with Crippen molar-refractivity contribution in [2.75, 3.05) is 0 Å². The molecule has 0 saturated carbocycles. The van der Waals surface area contributed by atoms with Gasteiger partial charge in [0.05, 0.1) is 0 Å². The van der Waals surface area contributed by atoms with Gasteiger partial charge < -0.3 is 10.5 Å². The second-order valence-electron chi connectivity index (χ2n) is 5.10. The van der Waals surface area contributed by atoms with Gasteiger partial charge in [-0.25, -0.2) is 9.97 Å². The van der Waals surface area contributed by atoms with E-state index < -0.39 is 0 Å². The van der Waals surface area contributed by atoms with Crippen molar-refractivity contribution >= 4 is 10.9 Å². The molecule has 1 aromatic carbocycles. The highest BCUT2D eigenvalue weighted by molar-refractivity contribution is 5.84. The first-order chi connectivity index (χ1) is 10.1. The maximum absolute atomic E-state index is 5.91. The van der Waals surface area contributed by atoms with Crippen molar-refractivity contribution in [2.24, 2.45) is 5.73 Å². The summed E-state index contributed by atoms with van der Waals surface area (Å²) >= 11 is 0. The Hall–Kier alpha value is -2.46. The lowest BCUT2D eigenvalue weighted by molar-refractivity contribution is 0.465. The van der Waals surface area contributed by atoms with E-state index in [0.717, 1.165) is 22.2 Å². The van der Waals surface area contributed by atoms with E-state index in [-0.39, 0.29) is 6.04 Å². The first-order valence-electron chi connectivity index (χ1n) is 6.89. The Labute approximate surface area is 123 Å². The Kier molecular flexibility index (Phi) is 3.54. The zero-order valence-corrected chi connectivity index (χ0v) is 12.1. The van der Waals surface area contributed by atoms with E-state index in [2.05, 4.69) is 9.97 Å². The summed E-state index contributed by atoms with van der Waals surface area (Å²) in [6.45, 7) is 3.90. The Morgan fingerprint density at radius 3 is 2.81 bits per heavy atom. The Morgan fingerprint density at radius 2 is 2.00 bits per heavy atom. The van der Waals surface area contributed by atoms with Crippen LogP contribution in [0.25, 0.3) is 10.9 Å². The van der Waals surface area contributed by atoms with E-state index in [1.165, 1.54) is 0 Å². The molecule has 1 atom stereocenters. The fourth-order valence-corrected chi connectivity index (χ4v) is 2.18. The molecule has 106 valence electrons. The fraction of sp³-hybridized carbons (Fsp3) is 0.176. The molecule has 0 radical (unpaired) electrons. The smallest absolute Gasteiger partial charge is 0.219 e. The molecule has 0 aliphatic carbocycles. The van der Waals surface area contributed by atoms with Gasteiger partial charge in [-0.1, -0.05) is 18.2 Å². The van der Waals surface area contributed by atoms with Gasteiger partial charge in [0.15, 0.2) is 5.75 Å². The first-order valence-corrected chi connectivity index (χ1v) is 6.89. The zero-order chi connectivity index (χ0) is 14.8. The van der Waals surface area contributed by atoms with Crippen LogP contribution < -0.4 is 10.5 Å². The Morgan fingerprint density at radius 1 is 1.14 bits per heavy atom. The lowest BCUT2D eigenvalue weighted by Crippen LogP contribution is -2.05. The van der Waals surface area contributed by atoms with Gasteiger partial charge in [-0.05, 0) is 37.6 Å². The molecule has 3 aromatic rings. The van der Waals surface area contributed by atoms with Gasteiger partial charge in [0.2, 0.25) is 5.88 Å². The van der Waals surface area contributed by atoms with Crippen molar-refractivity contribution in [3.63, 3.8) is 0 Å². The van der Waals surface area contributed by atoms with Crippen molar-refractivity contribution in [3.05, 3.63) is 59.9 Å². The molecule has 4 nitrogen and oxygen atoms in total. The lowest BCUT2D eigenvalue weighted by atomic mass is 10.1. The number of nitrogens with two attached hydrogens (primary N) is 1. The molecule has 1 unspecified atom stereocenters. The molecule has 2 aromatic heterocycles. The number of hydrogen-bond donors (Lipinski definition) is 1. The average Bonchev–Trinajstić information content (AvgIpc) is 2.48. The van der Waals surface area contributed by atoms with Gasteiger partial charge in [-0.15, -0.1) is 0 Å². The summed E-state index contributed by atoms with van der Waals surface area (Å²) in [4.78, 5) is 8.79. The van der Waals surface area contributed by atoms with Crippen LogP contribution >= 0.6 is 0 Å². The summed E-state index contributed by atoms with van der Waals surface area (Å²) in [6.07, 6.45) is 1.71. The monoisotopic (exact) mass is 279 g/mol. The molecule has 0 fully saturated rings. The summed E-state index contributed by atoms with van der Waals surface area (Å²) in [6, 6.07) is 13.6. The van der Waals surface area contributed by atoms with Crippen molar-refractivity contribution in [1.29, 1.82) is 0 Å². The predicted molar refractivity (Wildman–Crippen MR) is 83.4 cm³/mol. The van der Waals surface area contributed by atoms with Gasteiger partial charge in [-0.3, -0.25) is 0 Å². The molecule has 0 saturated heterocycles. The third kappa shape index (κ3) is 2.85. The highest BCUT2D eigenvalue weighted by atomic mass is 16.5. The largest absolute Gasteiger partial charge is 0.437 e. The van der Waals surface area contributed by atoms with Gasteiger partial charge in [0.25, 0.3) is 0 Å².